The van der Waals surface area contributed by atoms with Gasteiger partial charge in [0.25, 0.3) is 5.91 Å². The summed E-state index contributed by atoms with van der Waals surface area (Å²) in [5, 5.41) is 0.654. The van der Waals surface area contributed by atoms with Gasteiger partial charge in [-0.15, -0.1) is 0 Å². The highest BCUT2D eigenvalue weighted by atomic mass is 35.5. The van der Waals surface area contributed by atoms with Crippen LogP contribution in [0.3, 0.4) is 0 Å². The number of ether oxygens (including phenoxy) is 1. The summed E-state index contributed by atoms with van der Waals surface area (Å²) in [4.78, 5) is 38.4. The maximum atomic E-state index is 13.3. The third-order valence-electron chi connectivity index (χ3n) is 6.05. The molecule has 0 spiro atoms. The fraction of sp³-hybridized carbons (Fsp3) is 0.520. The fourth-order valence-electron chi connectivity index (χ4n) is 4.75. The molecule has 0 unspecified atom stereocenters. The van der Waals surface area contributed by atoms with Crippen LogP contribution in [0.4, 0.5) is 4.79 Å². The number of carbonyl (C=O) groups excluding carboxylic acids is 2. The van der Waals surface area contributed by atoms with E-state index in [1.807, 2.05) is 44.7 Å². The van der Waals surface area contributed by atoms with Crippen LogP contribution in [0.2, 0.25) is 5.02 Å². The fourth-order valence-corrected chi connectivity index (χ4v) is 5.00. The lowest BCUT2D eigenvalue weighted by molar-refractivity contribution is 0.0222. The van der Waals surface area contributed by atoms with Crippen molar-refractivity contribution >= 4 is 23.6 Å². The average Bonchev–Trinajstić information content (AvgIpc) is 3.20. The van der Waals surface area contributed by atoms with Crippen molar-refractivity contribution in [2.24, 2.45) is 0 Å². The molecule has 2 aliphatic heterocycles. The molecule has 2 aliphatic rings. The molecule has 176 valence electrons. The summed E-state index contributed by atoms with van der Waals surface area (Å²) in [5.41, 5.74) is 3.84. The van der Waals surface area contributed by atoms with Crippen molar-refractivity contribution < 1.29 is 14.3 Å². The van der Waals surface area contributed by atoms with Crippen molar-refractivity contribution in [1.82, 2.24) is 19.8 Å². The summed E-state index contributed by atoms with van der Waals surface area (Å²) in [6.45, 7) is 11.0. The molecular weight excluding hydrogens is 440 g/mol. The van der Waals surface area contributed by atoms with Crippen molar-refractivity contribution in [3.63, 3.8) is 0 Å². The Balaban J connectivity index is 1.64. The first-order valence-corrected chi connectivity index (χ1v) is 11.8. The first-order chi connectivity index (χ1) is 15.5. The van der Waals surface area contributed by atoms with Gasteiger partial charge < -0.3 is 14.5 Å². The van der Waals surface area contributed by atoms with Crippen molar-refractivity contribution in [2.45, 2.75) is 72.1 Å². The molecule has 1 atom stereocenters. The molecule has 1 aromatic heterocycles. The topological polar surface area (TPSA) is 75.6 Å². The van der Waals surface area contributed by atoms with Gasteiger partial charge in [0.05, 0.1) is 6.04 Å². The number of likely N-dealkylation sites (tertiary alicyclic amines) is 1. The van der Waals surface area contributed by atoms with E-state index in [4.69, 9.17) is 16.3 Å². The number of amides is 2. The predicted octanol–water partition coefficient (Wildman–Crippen LogP) is 5.02. The van der Waals surface area contributed by atoms with Gasteiger partial charge in [-0.1, -0.05) is 11.6 Å². The lowest BCUT2D eigenvalue weighted by atomic mass is 9.90. The van der Waals surface area contributed by atoms with Crippen LogP contribution in [0.5, 0.6) is 0 Å². The quantitative estimate of drug-likeness (QED) is 0.616. The van der Waals surface area contributed by atoms with Crippen LogP contribution < -0.4 is 0 Å². The minimum atomic E-state index is -0.561. The number of aromatic nitrogens is 2. The number of hydrogen-bond donors (Lipinski definition) is 0. The minimum absolute atomic E-state index is 0.106. The molecule has 3 heterocycles. The Morgan fingerprint density at radius 2 is 1.88 bits per heavy atom. The molecule has 33 heavy (non-hydrogen) atoms. The number of carbonyl (C=O) groups is 2. The van der Waals surface area contributed by atoms with Crippen LogP contribution in [0.25, 0.3) is 0 Å². The van der Waals surface area contributed by atoms with Gasteiger partial charge in [0.2, 0.25) is 0 Å². The Labute approximate surface area is 200 Å². The number of halogens is 1. The van der Waals surface area contributed by atoms with Gasteiger partial charge in [-0.05, 0) is 88.8 Å². The second kappa shape index (κ2) is 8.93. The highest BCUT2D eigenvalue weighted by molar-refractivity contribution is 6.30. The lowest BCUT2D eigenvalue weighted by Gasteiger charge is -2.34. The summed E-state index contributed by atoms with van der Waals surface area (Å²) < 4.78 is 5.66. The Morgan fingerprint density at radius 3 is 2.58 bits per heavy atom. The van der Waals surface area contributed by atoms with Crippen LogP contribution in [-0.2, 0) is 17.7 Å². The summed E-state index contributed by atoms with van der Waals surface area (Å²) in [6.07, 6.45) is 2.13. The van der Waals surface area contributed by atoms with E-state index >= 15 is 0 Å². The summed E-state index contributed by atoms with van der Waals surface area (Å²) >= 11 is 6.49. The standard InChI is InChI=1S/C25H31ClN4O3/c1-15-11-21(28-16(2)27-15)23(31)29-10-8-17-12-18(26)13-19(20(17)14-29)22-7-6-9-30(22)24(32)33-25(3,4)5/h11-13,22H,6-10,14H2,1-5H3/t22-/m0/s1. The molecule has 1 fully saturated rings. The first-order valence-electron chi connectivity index (χ1n) is 11.4. The van der Waals surface area contributed by atoms with E-state index in [1.54, 1.807) is 17.9 Å². The lowest BCUT2D eigenvalue weighted by Crippen LogP contribution is -2.39. The third-order valence-corrected chi connectivity index (χ3v) is 6.27. The Morgan fingerprint density at radius 1 is 1.12 bits per heavy atom. The Bertz CT molecular complexity index is 1080. The van der Waals surface area contributed by atoms with Gasteiger partial charge in [-0.2, -0.15) is 0 Å². The van der Waals surface area contributed by atoms with E-state index in [9.17, 15) is 9.59 Å². The number of fused-ring (bicyclic) bond motifs is 1. The molecule has 0 saturated carbocycles. The zero-order valence-corrected chi connectivity index (χ0v) is 20.7. The third kappa shape index (κ3) is 5.13. The van der Waals surface area contributed by atoms with E-state index in [1.165, 1.54) is 0 Å². The molecule has 0 N–H and O–H groups in total. The number of hydrogen-bond acceptors (Lipinski definition) is 5. The molecule has 0 radical (unpaired) electrons. The van der Waals surface area contributed by atoms with Gasteiger partial charge in [0.1, 0.15) is 17.1 Å². The average molecular weight is 471 g/mol. The molecule has 2 aromatic rings. The Hall–Kier alpha value is -2.67. The predicted molar refractivity (Wildman–Crippen MR) is 126 cm³/mol. The smallest absolute Gasteiger partial charge is 0.410 e. The highest BCUT2D eigenvalue weighted by Crippen LogP contribution is 2.39. The van der Waals surface area contributed by atoms with Crippen molar-refractivity contribution in [3.05, 3.63) is 57.1 Å². The van der Waals surface area contributed by atoms with Crippen LogP contribution in [-0.4, -0.2) is 50.5 Å². The first kappa shape index (κ1) is 23.5. The molecule has 1 aromatic carbocycles. The number of nitrogens with zero attached hydrogens (tertiary/aromatic N) is 4. The van der Waals surface area contributed by atoms with Crippen molar-refractivity contribution in [2.75, 3.05) is 13.1 Å². The Kier molecular flexibility index (Phi) is 6.36. The zero-order valence-electron chi connectivity index (χ0n) is 19.9. The van der Waals surface area contributed by atoms with Crippen LogP contribution in [0, 0.1) is 13.8 Å². The molecule has 2 amide bonds. The van der Waals surface area contributed by atoms with Crippen molar-refractivity contribution in [1.29, 1.82) is 0 Å². The molecule has 0 bridgehead atoms. The van der Waals surface area contributed by atoms with E-state index < -0.39 is 5.60 Å². The summed E-state index contributed by atoms with van der Waals surface area (Å²) in [5.74, 6) is 0.479. The second-order valence-electron chi connectivity index (χ2n) is 9.88. The monoisotopic (exact) mass is 470 g/mol. The van der Waals surface area contributed by atoms with Crippen molar-refractivity contribution in [3.8, 4) is 0 Å². The van der Waals surface area contributed by atoms with E-state index in [2.05, 4.69) is 9.97 Å². The van der Waals surface area contributed by atoms with Gasteiger partial charge in [-0.25, -0.2) is 14.8 Å². The van der Waals surface area contributed by atoms with Gasteiger partial charge in [0, 0.05) is 30.4 Å². The number of rotatable bonds is 2. The molecule has 7 nitrogen and oxygen atoms in total. The summed E-state index contributed by atoms with van der Waals surface area (Å²) in [7, 11) is 0. The van der Waals surface area contributed by atoms with Gasteiger partial charge in [-0.3, -0.25) is 4.79 Å². The molecule has 4 rings (SSSR count). The highest BCUT2D eigenvalue weighted by Gasteiger charge is 2.36. The minimum Gasteiger partial charge on any atom is -0.444 e. The van der Waals surface area contributed by atoms with Gasteiger partial charge >= 0.3 is 6.09 Å². The summed E-state index contributed by atoms with van der Waals surface area (Å²) in [6, 6.07) is 5.54. The maximum Gasteiger partial charge on any atom is 0.410 e. The SMILES string of the molecule is Cc1cc(C(=O)N2CCc3cc(Cl)cc([C@@H]4CCCN4C(=O)OC(C)(C)C)c3C2)nc(C)n1. The van der Waals surface area contributed by atoms with E-state index in [0.29, 0.717) is 42.6 Å². The largest absolute Gasteiger partial charge is 0.444 e. The van der Waals surface area contributed by atoms with Crippen LogP contribution in [0.15, 0.2) is 18.2 Å². The van der Waals surface area contributed by atoms with Crippen LogP contribution in [0.1, 0.15) is 78.4 Å². The normalized spacial score (nSPS) is 18.3. The maximum absolute atomic E-state index is 13.3. The second-order valence-corrected chi connectivity index (χ2v) is 10.3. The zero-order chi connectivity index (χ0) is 23.9. The van der Waals surface area contributed by atoms with E-state index in [0.717, 1.165) is 35.2 Å². The number of aryl methyl sites for hydroxylation is 2. The van der Waals surface area contributed by atoms with E-state index in [-0.39, 0.29) is 18.0 Å². The molecule has 8 heteroatoms. The molecule has 0 aliphatic carbocycles. The molecular formula is C25H31ClN4O3. The van der Waals surface area contributed by atoms with Gasteiger partial charge in [0.15, 0.2) is 0 Å². The molecule has 1 saturated heterocycles. The van der Waals surface area contributed by atoms with Crippen LogP contribution >= 0.6 is 11.6 Å². The number of benzene rings is 1.